The first-order chi connectivity index (χ1) is 18.0. The Labute approximate surface area is 213 Å². The normalized spacial score (nSPS) is 11.2. The molecule has 0 fully saturated rings. The molecule has 3 N–H and O–H groups in total. The lowest BCUT2D eigenvalue weighted by atomic mass is 10.2. The maximum Gasteiger partial charge on any atom is 0.258 e. The van der Waals surface area contributed by atoms with Crippen LogP contribution in [0.3, 0.4) is 0 Å². The van der Waals surface area contributed by atoms with Gasteiger partial charge < -0.3 is 20.1 Å². The zero-order chi connectivity index (χ0) is 25.4. The van der Waals surface area contributed by atoms with Crippen molar-refractivity contribution in [1.29, 1.82) is 0 Å². The predicted molar refractivity (Wildman–Crippen MR) is 136 cm³/mol. The molecule has 0 saturated carbocycles. The summed E-state index contributed by atoms with van der Waals surface area (Å²) in [5.74, 6) is 0.930. The molecule has 0 radical (unpaired) electrons. The standard InChI is InChI=1S/C25H17ClN8O3/c26-16-10-8-14(9-11-16)25-30-23(33-36-25)15-4-3-5-17(12-15)28-20(35)13-34-19-7-2-1-6-18(19)29-24(34)21-22(27)32-37-31-21/h1-12H,13H2,(H2,27,32)(H,28,35). The summed E-state index contributed by atoms with van der Waals surface area (Å²) in [6.07, 6.45) is 0. The highest BCUT2D eigenvalue weighted by atomic mass is 35.5. The minimum absolute atomic E-state index is 0.0463. The molecule has 0 aliphatic carbocycles. The maximum atomic E-state index is 13.1. The monoisotopic (exact) mass is 512 g/mol. The van der Waals surface area contributed by atoms with E-state index in [1.54, 1.807) is 47.0 Å². The smallest absolute Gasteiger partial charge is 0.258 e. The van der Waals surface area contributed by atoms with Crippen LogP contribution < -0.4 is 11.1 Å². The van der Waals surface area contributed by atoms with Gasteiger partial charge in [-0.05, 0) is 58.8 Å². The van der Waals surface area contributed by atoms with E-state index >= 15 is 0 Å². The second kappa shape index (κ2) is 9.21. The number of rotatable bonds is 6. The van der Waals surface area contributed by atoms with Crippen LogP contribution in [-0.4, -0.2) is 35.9 Å². The van der Waals surface area contributed by atoms with Crippen molar-refractivity contribution in [2.24, 2.45) is 0 Å². The molecule has 3 aromatic carbocycles. The lowest BCUT2D eigenvalue weighted by Crippen LogP contribution is -2.19. The molecule has 0 saturated heterocycles. The fourth-order valence-corrected chi connectivity index (χ4v) is 4.02. The van der Waals surface area contributed by atoms with Gasteiger partial charge in [-0.1, -0.05) is 41.0 Å². The van der Waals surface area contributed by atoms with E-state index < -0.39 is 0 Å². The first-order valence-corrected chi connectivity index (χ1v) is 11.5. The molecule has 3 heterocycles. The van der Waals surface area contributed by atoms with Gasteiger partial charge in [-0.3, -0.25) is 4.79 Å². The van der Waals surface area contributed by atoms with Crippen molar-refractivity contribution >= 4 is 40.0 Å². The Morgan fingerprint density at radius 3 is 2.59 bits per heavy atom. The number of benzene rings is 3. The molecule has 0 spiro atoms. The number of carbonyl (C=O) groups excluding carboxylic acids is 1. The summed E-state index contributed by atoms with van der Waals surface area (Å²) in [6, 6.07) is 21.7. The van der Waals surface area contributed by atoms with Crippen LogP contribution in [0, 0.1) is 0 Å². The summed E-state index contributed by atoms with van der Waals surface area (Å²) in [6.45, 7) is -0.0463. The third-order valence-electron chi connectivity index (χ3n) is 5.60. The zero-order valence-electron chi connectivity index (χ0n) is 19.0. The first kappa shape index (κ1) is 22.4. The number of nitrogen functional groups attached to an aromatic ring is 1. The number of aromatic nitrogens is 6. The SMILES string of the molecule is Nc1nonc1-c1nc2ccccc2n1CC(=O)Nc1cccc(-c2noc(-c3ccc(Cl)cc3)n2)c1. The van der Waals surface area contributed by atoms with E-state index in [2.05, 4.69) is 30.8 Å². The molecular formula is C25H17ClN8O3. The molecular weight excluding hydrogens is 496 g/mol. The van der Waals surface area contributed by atoms with E-state index in [0.717, 1.165) is 11.1 Å². The number of fused-ring (bicyclic) bond motifs is 1. The van der Waals surface area contributed by atoms with Crippen molar-refractivity contribution in [3.63, 3.8) is 0 Å². The fraction of sp³-hybridized carbons (Fsp3) is 0.0400. The average Bonchev–Trinajstić information content (AvgIpc) is 3.64. The number of hydrogen-bond acceptors (Lipinski definition) is 9. The summed E-state index contributed by atoms with van der Waals surface area (Å²) in [5.41, 5.74) is 9.57. The van der Waals surface area contributed by atoms with Crippen LogP contribution in [0.2, 0.25) is 5.02 Å². The second-order valence-corrected chi connectivity index (χ2v) is 8.50. The quantitative estimate of drug-likeness (QED) is 0.324. The van der Waals surface area contributed by atoms with E-state index in [1.165, 1.54) is 0 Å². The lowest BCUT2D eigenvalue weighted by molar-refractivity contribution is -0.116. The van der Waals surface area contributed by atoms with Crippen LogP contribution in [0.4, 0.5) is 11.5 Å². The Morgan fingerprint density at radius 1 is 0.946 bits per heavy atom. The average molecular weight is 513 g/mol. The minimum atomic E-state index is -0.286. The van der Waals surface area contributed by atoms with E-state index in [-0.39, 0.29) is 24.0 Å². The number of nitrogens with zero attached hydrogens (tertiary/aromatic N) is 6. The summed E-state index contributed by atoms with van der Waals surface area (Å²) in [5, 5.41) is 15.1. The van der Waals surface area contributed by atoms with Crippen molar-refractivity contribution in [2.45, 2.75) is 6.54 Å². The molecule has 0 atom stereocenters. The van der Waals surface area contributed by atoms with Gasteiger partial charge in [-0.25, -0.2) is 9.61 Å². The number of nitrogens with two attached hydrogens (primary N) is 1. The Bertz CT molecular complexity index is 1740. The van der Waals surface area contributed by atoms with E-state index in [1.807, 2.05) is 30.3 Å². The zero-order valence-corrected chi connectivity index (χ0v) is 19.8. The van der Waals surface area contributed by atoms with Crippen LogP contribution in [0.25, 0.3) is 45.4 Å². The number of halogens is 1. The van der Waals surface area contributed by atoms with Crippen molar-refractivity contribution in [3.8, 4) is 34.4 Å². The third kappa shape index (κ3) is 4.39. The molecule has 0 aliphatic heterocycles. The van der Waals surface area contributed by atoms with E-state index in [9.17, 15) is 4.79 Å². The van der Waals surface area contributed by atoms with Crippen LogP contribution in [-0.2, 0) is 11.3 Å². The summed E-state index contributed by atoms with van der Waals surface area (Å²) >= 11 is 5.95. The molecule has 3 aromatic heterocycles. The summed E-state index contributed by atoms with van der Waals surface area (Å²) < 4.78 is 11.9. The Kier molecular flexibility index (Phi) is 5.58. The molecule has 0 unspecified atom stereocenters. The van der Waals surface area contributed by atoms with Gasteiger partial charge in [-0.2, -0.15) is 4.98 Å². The number of carbonyl (C=O) groups is 1. The third-order valence-corrected chi connectivity index (χ3v) is 5.86. The van der Waals surface area contributed by atoms with Gasteiger partial charge in [0, 0.05) is 21.8 Å². The van der Waals surface area contributed by atoms with Crippen molar-refractivity contribution in [1.82, 2.24) is 30.0 Å². The van der Waals surface area contributed by atoms with Crippen molar-refractivity contribution < 1.29 is 13.9 Å². The highest BCUT2D eigenvalue weighted by Crippen LogP contribution is 2.28. The first-order valence-electron chi connectivity index (χ1n) is 11.1. The van der Waals surface area contributed by atoms with Gasteiger partial charge in [0.25, 0.3) is 5.89 Å². The molecule has 11 nitrogen and oxygen atoms in total. The number of anilines is 2. The van der Waals surface area contributed by atoms with Crippen LogP contribution >= 0.6 is 11.6 Å². The number of nitrogens with one attached hydrogen (secondary N) is 1. The van der Waals surface area contributed by atoms with Gasteiger partial charge in [0.05, 0.1) is 11.0 Å². The highest BCUT2D eigenvalue weighted by Gasteiger charge is 2.21. The molecule has 182 valence electrons. The van der Waals surface area contributed by atoms with Crippen LogP contribution in [0.1, 0.15) is 0 Å². The van der Waals surface area contributed by atoms with Gasteiger partial charge in [-0.15, -0.1) is 0 Å². The number of imidazole rings is 1. The molecule has 6 rings (SSSR count). The van der Waals surface area contributed by atoms with Crippen LogP contribution in [0.5, 0.6) is 0 Å². The topological polar surface area (TPSA) is 151 Å². The highest BCUT2D eigenvalue weighted by molar-refractivity contribution is 6.30. The van der Waals surface area contributed by atoms with E-state index in [4.69, 9.17) is 26.5 Å². The molecule has 1 amide bonds. The van der Waals surface area contributed by atoms with Gasteiger partial charge in [0.1, 0.15) is 6.54 Å². The maximum absolute atomic E-state index is 13.1. The largest absolute Gasteiger partial charge is 0.379 e. The second-order valence-electron chi connectivity index (χ2n) is 8.07. The number of para-hydroxylation sites is 2. The summed E-state index contributed by atoms with van der Waals surface area (Å²) in [7, 11) is 0. The fourth-order valence-electron chi connectivity index (χ4n) is 3.90. The van der Waals surface area contributed by atoms with Gasteiger partial charge >= 0.3 is 0 Å². The Morgan fingerprint density at radius 2 is 1.78 bits per heavy atom. The predicted octanol–water partition coefficient (Wildman–Crippen LogP) is 4.68. The summed E-state index contributed by atoms with van der Waals surface area (Å²) in [4.78, 5) is 22.1. The molecule has 12 heteroatoms. The van der Waals surface area contributed by atoms with Crippen LogP contribution in [0.15, 0.2) is 81.9 Å². The molecule has 0 aliphatic rings. The minimum Gasteiger partial charge on any atom is -0.379 e. The number of hydrogen-bond donors (Lipinski definition) is 2. The lowest BCUT2D eigenvalue weighted by Gasteiger charge is -2.09. The van der Waals surface area contributed by atoms with Gasteiger partial charge in [0.15, 0.2) is 17.3 Å². The molecule has 0 bridgehead atoms. The number of amides is 1. The molecule has 37 heavy (non-hydrogen) atoms. The van der Waals surface area contributed by atoms with Crippen molar-refractivity contribution in [3.05, 3.63) is 77.8 Å². The molecule has 6 aromatic rings. The Balaban J connectivity index is 1.25. The Hall–Kier alpha value is -5.03. The van der Waals surface area contributed by atoms with Crippen molar-refractivity contribution in [2.75, 3.05) is 11.1 Å². The van der Waals surface area contributed by atoms with E-state index in [0.29, 0.717) is 39.3 Å². The van der Waals surface area contributed by atoms with Gasteiger partial charge in [0.2, 0.25) is 11.7 Å².